The van der Waals surface area contributed by atoms with Gasteiger partial charge in [0.2, 0.25) is 11.8 Å². The van der Waals surface area contributed by atoms with Crippen molar-refractivity contribution < 1.29 is 106 Å². The van der Waals surface area contributed by atoms with Gasteiger partial charge in [0.15, 0.2) is 12.6 Å². The fourth-order valence-electron chi connectivity index (χ4n) is 9.58. The molecule has 1 fully saturated rings. The number of aliphatic hydroxyl groups is 6. The van der Waals surface area contributed by atoms with Crippen LogP contribution in [0.25, 0.3) is 0 Å². The Hall–Kier alpha value is -1.32. The van der Waals surface area contributed by atoms with E-state index in [-0.39, 0.29) is 45.0 Å². The Balaban J connectivity index is 3.04. The summed E-state index contributed by atoms with van der Waals surface area (Å²) in [7, 11) is -9.34. The number of hydrogen-bond donors (Lipinski definition) is 10. The lowest BCUT2D eigenvalue weighted by molar-refractivity contribution is -0.298. The lowest BCUT2D eigenvalue weighted by Crippen LogP contribution is -2.65. The minimum absolute atomic E-state index is 0.00621. The molecule has 0 spiro atoms. The molecule has 1 aliphatic heterocycles. The summed E-state index contributed by atoms with van der Waals surface area (Å²) in [6.07, 6.45) is -6.37. The van der Waals surface area contributed by atoms with Crippen LogP contribution in [0.5, 0.6) is 0 Å². The third-order valence-corrected chi connectivity index (χ3v) is 15.7. The van der Waals surface area contributed by atoms with Gasteiger partial charge in [-0.25, -0.2) is 9.13 Å². The standard InChI is InChI=1S/C52H104N2O22P2/c1-19-24-67-32-52(34(2)3,22-20-21-48(11,12)75-78(65,66)70-31-46(7,8)29-50(15,16)74-45-41(54-37(6)60)43(62)42(61)40(28-57)72-45)33-68-49(13,14)30-51(17,18)76-77(63,64)69-25-23-47(9,10)73-44(38(26-55)53-36(5)59)71-39(27-56)35(4)58/h34-35,38-45,55-58,61-62H,19-33H2,1-18H3,(H,53,59)(H,54,60)(H,63,64)(H,65,66)/t35-,38+,39?,40?,41?,42?,43?,44?,45?,52?/m1/s1. The van der Waals surface area contributed by atoms with Crippen LogP contribution >= 0.6 is 15.6 Å². The van der Waals surface area contributed by atoms with Gasteiger partial charge in [-0.3, -0.25) is 27.7 Å². The first-order valence-electron chi connectivity index (χ1n) is 27.1. The van der Waals surface area contributed by atoms with Crippen LogP contribution < -0.4 is 10.6 Å². The highest BCUT2D eigenvalue weighted by atomic mass is 31.2. The molecule has 1 saturated heterocycles. The van der Waals surface area contributed by atoms with Gasteiger partial charge in [0.1, 0.15) is 36.5 Å². The average Bonchev–Trinajstić information content (AvgIpc) is 3.25. The molecule has 10 unspecified atom stereocenters. The van der Waals surface area contributed by atoms with Gasteiger partial charge in [-0.1, -0.05) is 34.6 Å². The van der Waals surface area contributed by atoms with E-state index in [1.807, 2.05) is 20.8 Å². The van der Waals surface area contributed by atoms with Crippen LogP contribution in [0, 0.1) is 16.7 Å². The van der Waals surface area contributed by atoms with Gasteiger partial charge < -0.3 is 79.5 Å². The lowest BCUT2D eigenvalue weighted by Gasteiger charge is -2.45. The van der Waals surface area contributed by atoms with Gasteiger partial charge in [0.05, 0.1) is 80.4 Å². The molecule has 1 aliphatic rings. The summed E-state index contributed by atoms with van der Waals surface area (Å²) >= 11 is 0. The second-order valence-corrected chi connectivity index (χ2v) is 27.9. The van der Waals surface area contributed by atoms with Crippen molar-refractivity contribution in [1.82, 2.24) is 10.6 Å². The van der Waals surface area contributed by atoms with Crippen molar-refractivity contribution in [1.29, 1.82) is 0 Å². The van der Waals surface area contributed by atoms with E-state index in [1.165, 1.54) is 20.8 Å². The Labute approximate surface area is 464 Å². The van der Waals surface area contributed by atoms with Crippen molar-refractivity contribution in [3.63, 3.8) is 0 Å². The molecule has 0 aliphatic carbocycles. The summed E-state index contributed by atoms with van der Waals surface area (Å²) in [6.45, 7) is 29.5. The molecule has 0 aromatic rings. The van der Waals surface area contributed by atoms with Crippen LogP contribution in [0.1, 0.15) is 170 Å². The van der Waals surface area contributed by atoms with Gasteiger partial charge >= 0.3 is 15.6 Å². The van der Waals surface area contributed by atoms with Crippen LogP contribution in [-0.4, -0.2) is 188 Å². The van der Waals surface area contributed by atoms with Gasteiger partial charge in [-0.2, -0.15) is 0 Å². The maximum absolute atomic E-state index is 13.5. The molecule has 12 atom stereocenters. The lowest BCUT2D eigenvalue weighted by atomic mass is 9.73. The molecule has 1 rings (SSSR count). The van der Waals surface area contributed by atoms with Gasteiger partial charge in [-0.05, 0) is 126 Å². The van der Waals surface area contributed by atoms with E-state index >= 15 is 0 Å². The SMILES string of the molecule is CCCOCC(CCCC(C)(C)OP(=O)(O)OCC(C)(C)CC(C)(C)OC1OC(CO)C(O)C(O)C1NC(C)=O)(COC(C)(C)CC(C)(C)OP(=O)(O)OCCC(C)(C)OC(OC(CO)[C@@H](C)O)[C@H](CO)NC(C)=O)C(C)C. The highest BCUT2D eigenvalue weighted by Gasteiger charge is 2.48. The Kier molecular flexibility index (Phi) is 30.2. The molecule has 0 bridgehead atoms. The first-order valence-corrected chi connectivity index (χ1v) is 30.1. The average molecular weight is 1170 g/mol. The van der Waals surface area contributed by atoms with Crippen molar-refractivity contribution in [3.8, 4) is 0 Å². The van der Waals surface area contributed by atoms with Crippen molar-refractivity contribution in [2.75, 3.05) is 52.9 Å². The highest BCUT2D eigenvalue weighted by Crippen LogP contribution is 2.52. The fourth-order valence-corrected chi connectivity index (χ4v) is 11.9. The largest absolute Gasteiger partial charge is 0.472 e. The van der Waals surface area contributed by atoms with E-state index in [1.54, 1.807) is 69.2 Å². The summed E-state index contributed by atoms with van der Waals surface area (Å²) in [4.78, 5) is 45.8. The summed E-state index contributed by atoms with van der Waals surface area (Å²) in [6, 6.07) is -2.24. The van der Waals surface area contributed by atoms with Crippen molar-refractivity contribution in [2.45, 2.75) is 253 Å². The number of phosphoric acid groups is 2. The number of carbonyl (C=O) groups is 2. The monoisotopic (exact) mass is 1170 g/mol. The Morgan fingerprint density at radius 2 is 1.28 bits per heavy atom. The fraction of sp³-hybridized carbons (Fsp3) is 0.962. The minimum Gasteiger partial charge on any atom is -0.394 e. The van der Waals surface area contributed by atoms with Crippen molar-refractivity contribution >= 4 is 27.5 Å². The summed E-state index contributed by atoms with van der Waals surface area (Å²) < 4.78 is 86.2. The van der Waals surface area contributed by atoms with E-state index < -0.39 is 141 Å². The molecule has 78 heavy (non-hydrogen) atoms. The molecular formula is C52H104N2O22P2. The van der Waals surface area contributed by atoms with Crippen molar-refractivity contribution in [3.05, 3.63) is 0 Å². The van der Waals surface area contributed by atoms with Crippen LogP contribution in [0.2, 0.25) is 0 Å². The van der Waals surface area contributed by atoms with Crippen molar-refractivity contribution in [2.24, 2.45) is 16.7 Å². The van der Waals surface area contributed by atoms with Crippen LogP contribution in [0.15, 0.2) is 0 Å². The zero-order valence-electron chi connectivity index (χ0n) is 50.1. The van der Waals surface area contributed by atoms with Gasteiger partial charge in [-0.15, -0.1) is 0 Å². The molecular weight excluding hydrogens is 1070 g/mol. The first-order chi connectivity index (χ1) is 35.4. The molecule has 0 aromatic carbocycles. The van der Waals surface area contributed by atoms with Gasteiger partial charge in [0, 0.05) is 32.3 Å². The normalized spacial score (nSPS) is 23.2. The smallest absolute Gasteiger partial charge is 0.394 e. The Bertz CT molecular complexity index is 1890. The van der Waals surface area contributed by atoms with Crippen LogP contribution in [-0.2, 0) is 65.2 Å². The third kappa shape index (κ3) is 27.8. The number of carbonyl (C=O) groups excluding carboxylic acids is 2. The molecule has 0 saturated carbocycles. The van der Waals surface area contributed by atoms with Crippen LogP contribution in [0.4, 0.5) is 0 Å². The molecule has 24 nitrogen and oxygen atoms in total. The number of aliphatic hydroxyl groups excluding tert-OH is 6. The summed E-state index contributed by atoms with van der Waals surface area (Å²) in [5.74, 6) is -0.955. The molecule has 0 aromatic heterocycles. The number of nitrogens with one attached hydrogen (secondary N) is 2. The number of ether oxygens (including phenoxy) is 6. The van der Waals surface area contributed by atoms with E-state index in [9.17, 15) is 59.1 Å². The maximum atomic E-state index is 13.5. The Morgan fingerprint density at radius 3 is 1.79 bits per heavy atom. The molecule has 464 valence electrons. The summed E-state index contributed by atoms with van der Waals surface area (Å²) in [5, 5.41) is 65.8. The molecule has 10 N–H and O–H groups in total. The quantitative estimate of drug-likeness (QED) is 0.0215. The predicted molar refractivity (Wildman–Crippen MR) is 290 cm³/mol. The third-order valence-electron chi connectivity index (χ3n) is 13.3. The van der Waals surface area contributed by atoms with E-state index in [2.05, 4.69) is 24.5 Å². The molecule has 0 radical (unpaired) electrons. The predicted octanol–water partition coefficient (Wildman–Crippen LogP) is 5.16. The zero-order chi connectivity index (χ0) is 60.5. The van der Waals surface area contributed by atoms with E-state index in [4.69, 9.17) is 46.5 Å². The van der Waals surface area contributed by atoms with Gasteiger partial charge in [0.25, 0.3) is 0 Å². The minimum atomic E-state index is -4.70. The summed E-state index contributed by atoms with van der Waals surface area (Å²) in [5.41, 5.74) is -6.84. The second kappa shape index (κ2) is 31.5. The van der Waals surface area contributed by atoms with E-state index in [0.29, 0.717) is 32.5 Å². The van der Waals surface area contributed by atoms with E-state index in [0.717, 1.165) is 6.42 Å². The number of phosphoric ester groups is 2. The highest BCUT2D eigenvalue weighted by molar-refractivity contribution is 7.47. The maximum Gasteiger partial charge on any atom is 0.472 e. The number of hydrogen-bond acceptors (Lipinski definition) is 20. The molecule has 2 amide bonds. The Morgan fingerprint density at radius 1 is 0.692 bits per heavy atom. The number of amides is 2. The number of rotatable bonds is 40. The second-order valence-electron chi connectivity index (χ2n) is 25.1. The van der Waals surface area contributed by atoms with Crippen LogP contribution in [0.3, 0.4) is 0 Å². The zero-order valence-corrected chi connectivity index (χ0v) is 51.9. The molecule has 26 heteroatoms. The topological polar surface area (TPSA) is 346 Å². The first kappa shape index (κ1) is 74.7. The molecule has 1 heterocycles.